The van der Waals surface area contributed by atoms with Crippen LogP contribution in [0.2, 0.25) is 0 Å². The Morgan fingerprint density at radius 3 is 2.00 bits per heavy atom. The molecule has 2 atom stereocenters. The van der Waals surface area contributed by atoms with E-state index >= 15 is 0 Å². The topological polar surface area (TPSA) is 37.3 Å². The molecule has 1 rings (SSSR count). The largest absolute Gasteiger partial charge is 0.481 e. The zero-order valence-corrected chi connectivity index (χ0v) is 9.78. The predicted molar refractivity (Wildman–Crippen MR) is 53.0 cm³/mol. The third-order valence-corrected chi connectivity index (χ3v) is 3.67. The van der Waals surface area contributed by atoms with E-state index < -0.39 is 34.4 Å². The van der Waals surface area contributed by atoms with Crippen molar-refractivity contribution in [2.24, 2.45) is 17.3 Å². The highest BCUT2D eigenvalue weighted by atomic mass is 35.5. The molecule has 2 nitrogen and oxygen atoms in total. The zero-order chi connectivity index (χ0) is 12.9. The number of halogens is 4. The molecule has 6 heteroatoms. The van der Waals surface area contributed by atoms with Crippen LogP contribution in [0.1, 0.15) is 20.8 Å². The van der Waals surface area contributed by atoms with Gasteiger partial charge in [0.15, 0.2) is 0 Å². The highest BCUT2D eigenvalue weighted by molar-refractivity contribution is 6.30. The lowest BCUT2D eigenvalue weighted by molar-refractivity contribution is -0.139. The van der Waals surface area contributed by atoms with Crippen molar-refractivity contribution in [3.8, 4) is 0 Å². The average molecular weight is 257 g/mol. The fraction of sp³-hybridized carbons (Fsp3) is 0.700. The summed E-state index contributed by atoms with van der Waals surface area (Å²) in [5, 5.41) is 7.65. The molecule has 0 bridgehead atoms. The number of carboxylic acid groups (broad SMARTS) is 1. The standard InChI is InChI=1S/C10H12ClF3O2/c1-4(7(11)10(12,13)14)5-6(8(15)16)9(5,2)3/h5-6H,1-3H3,(H,15,16)/b7-4-/t5-,6-/m0/s1. The van der Waals surface area contributed by atoms with Crippen LogP contribution in [-0.2, 0) is 4.79 Å². The van der Waals surface area contributed by atoms with E-state index in [1.165, 1.54) is 6.92 Å². The minimum absolute atomic E-state index is 0.0911. The second-order valence-corrected chi connectivity index (χ2v) is 4.99. The van der Waals surface area contributed by atoms with Gasteiger partial charge in [-0.25, -0.2) is 0 Å². The van der Waals surface area contributed by atoms with Crippen LogP contribution in [0.15, 0.2) is 10.6 Å². The van der Waals surface area contributed by atoms with E-state index in [1.54, 1.807) is 13.8 Å². The summed E-state index contributed by atoms with van der Waals surface area (Å²) in [6, 6.07) is 0. The molecule has 16 heavy (non-hydrogen) atoms. The first-order chi connectivity index (χ1) is 7.01. The third-order valence-electron chi connectivity index (χ3n) is 3.16. The number of aliphatic carboxylic acids is 1. The molecule has 1 N–H and O–H groups in total. The molecule has 0 aromatic rings. The second-order valence-electron chi connectivity index (χ2n) is 4.61. The molecule has 0 radical (unpaired) electrons. The van der Waals surface area contributed by atoms with Crippen LogP contribution in [0.4, 0.5) is 13.2 Å². The van der Waals surface area contributed by atoms with Crippen LogP contribution >= 0.6 is 11.6 Å². The van der Waals surface area contributed by atoms with E-state index in [9.17, 15) is 18.0 Å². The normalized spacial score (nSPS) is 29.7. The van der Waals surface area contributed by atoms with Gasteiger partial charge in [0.1, 0.15) is 5.03 Å². The van der Waals surface area contributed by atoms with E-state index in [-0.39, 0.29) is 5.57 Å². The first-order valence-electron chi connectivity index (χ1n) is 4.67. The van der Waals surface area contributed by atoms with Crippen molar-refractivity contribution in [1.82, 2.24) is 0 Å². The van der Waals surface area contributed by atoms with E-state index in [4.69, 9.17) is 16.7 Å². The van der Waals surface area contributed by atoms with Crippen molar-refractivity contribution in [1.29, 1.82) is 0 Å². The quantitative estimate of drug-likeness (QED) is 0.822. The fourth-order valence-electron chi connectivity index (χ4n) is 2.27. The predicted octanol–water partition coefficient (Wildman–Crippen LogP) is 3.42. The Bertz CT molecular complexity index is 358. The minimum atomic E-state index is -4.60. The summed E-state index contributed by atoms with van der Waals surface area (Å²) in [6.45, 7) is 4.49. The Kier molecular flexibility index (Phi) is 3.05. The van der Waals surface area contributed by atoms with Crippen LogP contribution in [0.5, 0.6) is 0 Å². The molecule has 1 fully saturated rings. The Morgan fingerprint density at radius 2 is 1.75 bits per heavy atom. The summed E-state index contributed by atoms with van der Waals surface area (Å²) < 4.78 is 37.0. The van der Waals surface area contributed by atoms with Crippen LogP contribution in [0, 0.1) is 17.3 Å². The molecule has 0 aromatic carbocycles. The summed E-state index contributed by atoms with van der Waals surface area (Å²) in [4.78, 5) is 10.8. The van der Waals surface area contributed by atoms with Gasteiger partial charge in [-0.05, 0) is 17.9 Å². The summed E-state index contributed by atoms with van der Waals surface area (Å²) in [7, 11) is 0. The molecule has 0 aliphatic heterocycles. The van der Waals surface area contributed by atoms with Crippen LogP contribution in [-0.4, -0.2) is 17.3 Å². The molecule has 1 saturated carbocycles. The smallest absolute Gasteiger partial charge is 0.426 e. The molecule has 1 aliphatic rings. The molecule has 0 spiro atoms. The molecule has 92 valence electrons. The Hall–Kier alpha value is -0.710. The van der Waals surface area contributed by atoms with Gasteiger partial charge in [-0.3, -0.25) is 4.79 Å². The Labute approximate surface area is 96.1 Å². The number of carbonyl (C=O) groups is 1. The molecular weight excluding hydrogens is 245 g/mol. The first-order valence-corrected chi connectivity index (χ1v) is 5.05. The summed E-state index contributed by atoms with van der Waals surface area (Å²) >= 11 is 5.20. The molecule has 0 unspecified atom stereocenters. The maximum Gasteiger partial charge on any atom is 0.426 e. The van der Waals surface area contributed by atoms with Gasteiger partial charge in [0.05, 0.1) is 5.92 Å². The number of allylic oxidation sites excluding steroid dienone is 2. The fourth-order valence-corrected chi connectivity index (χ4v) is 2.38. The highest BCUT2D eigenvalue weighted by Gasteiger charge is 2.63. The van der Waals surface area contributed by atoms with Crippen molar-refractivity contribution >= 4 is 17.6 Å². The van der Waals surface area contributed by atoms with E-state index in [0.717, 1.165) is 0 Å². The summed E-state index contributed by atoms with van der Waals surface area (Å²) in [6.07, 6.45) is -4.60. The number of hydrogen-bond donors (Lipinski definition) is 1. The number of alkyl halides is 3. The van der Waals surface area contributed by atoms with Crippen molar-refractivity contribution < 1.29 is 23.1 Å². The van der Waals surface area contributed by atoms with E-state index in [2.05, 4.69) is 0 Å². The summed E-state index contributed by atoms with van der Waals surface area (Å²) in [5.41, 5.74) is -0.757. The molecule has 1 aliphatic carbocycles. The summed E-state index contributed by atoms with van der Waals surface area (Å²) in [5.74, 6) is -2.51. The number of rotatable bonds is 2. The van der Waals surface area contributed by atoms with Crippen molar-refractivity contribution in [2.45, 2.75) is 26.9 Å². The van der Waals surface area contributed by atoms with Crippen molar-refractivity contribution in [3.05, 3.63) is 10.6 Å². The van der Waals surface area contributed by atoms with Crippen LogP contribution < -0.4 is 0 Å². The van der Waals surface area contributed by atoms with Gasteiger partial charge in [-0.2, -0.15) is 13.2 Å². The lowest BCUT2D eigenvalue weighted by Crippen LogP contribution is -2.11. The van der Waals surface area contributed by atoms with E-state index in [0.29, 0.717) is 0 Å². The van der Waals surface area contributed by atoms with Crippen molar-refractivity contribution in [2.75, 3.05) is 0 Å². The van der Waals surface area contributed by atoms with Crippen LogP contribution in [0.3, 0.4) is 0 Å². The molecule has 0 aromatic heterocycles. The SMILES string of the molecule is C/C(=C(/Cl)C(F)(F)F)[C@H]1[C@@H](C(=O)O)C1(C)C. The molecule has 0 amide bonds. The minimum Gasteiger partial charge on any atom is -0.481 e. The first kappa shape index (κ1) is 13.4. The van der Waals surface area contributed by atoms with Gasteiger partial charge in [0.2, 0.25) is 0 Å². The monoisotopic (exact) mass is 256 g/mol. The van der Waals surface area contributed by atoms with Gasteiger partial charge in [-0.15, -0.1) is 0 Å². The number of carboxylic acids is 1. The lowest BCUT2D eigenvalue weighted by atomic mass is 10.0. The van der Waals surface area contributed by atoms with Gasteiger partial charge < -0.3 is 5.11 Å². The van der Waals surface area contributed by atoms with Gasteiger partial charge in [0, 0.05) is 5.92 Å². The zero-order valence-electron chi connectivity index (χ0n) is 9.02. The molecule has 0 saturated heterocycles. The van der Waals surface area contributed by atoms with Crippen LogP contribution in [0.25, 0.3) is 0 Å². The average Bonchev–Trinajstić information content (AvgIpc) is 2.65. The Balaban J connectivity index is 3.03. The highest BCUT2D eigenvalue weighted by Crippen LogP contribution is 2.62. The Morgan fingerprint density at radius 1 is 1.31 bits per heavy atom. The van der Waals surface area contributed by atoms with Crippen molar-refractivity contribution in [3.63, 3.8) is 0 Å². The maximum atomic E-state index is 12.3. The van der Waals surface area contributed by atoms with E-state index in [1.807, 2.05) is 0 Å². The lowest BCUT2D eigenvalue weighted by Gasteiger charge is -2.10. The maximum absolute atomic E-state index is 12.3. The van der Waals surface area contributed by atoms with Gasteiger partial charge >= 0.3 is 12.1 Å². The van der Waals surface area contributed by atoms with Gasteiger partial charge in [0.25, 0.3) is 0 Å². The number of hydrogen-bond acceptors (Lipinski definition) is 1. The molecule has 0 heterocycles. The second kappa shape index (κ2) is 3.65. The third kappa shape index (κ3) is 2.05. The van der Waals surface area contributed by atoms with Gasteiger partial charge in [-0.1, -0.05) is 25.4 Å². The molecular formula is C10H12ClF3O2.